The fraction of sp³-hybridized carbons (Fsp3) is 0.286. The lowest BCUT2D eigenvalue weighted by Crippen LogP contribution is -2.41. The zero-order valence-electron chi connectivity index (χ0n) is 45.8. The van der Waals surface area contributed by atoms with Gasteiger partial charge in [-0.3, -0.25) is 23.4 Å². The highest BCUT2D eigenvalue weighted by molar-refractivity contribution is 7.86. The average molecular weight is 1210 g/mol. The van der Waals surface area contributed by atoms with Gasteiger partial charge in [0, 0.05) is 42.1 Å². The molecule has 1 amide bonds. The third-order valence-electron chi connectivity index (χ3n) is 12.1. The lowest BCUT2D eigenvalue weighted by molar-refractivity contribution is 0.0444. The van der Waals surface area contributed by atoms with E-state index in [-0.39, 0.29) is 114 Å². The number of rotatable bonds is 8. The number of methoxy groups -OCH3 is 1. The van der Waals surface area contributed by atoms with Crippen LogP contribution >= 0.6 is 0 Å². The Labute approximate surface area is 480 Å². The first kappa shape index (κ1) is 63.1. The Balaban J connectivity index is 0.000000159. The second kappa shape index (κ2) is 27.3. The van der Waals surface area contributed by atoms with Crippen molar-refractivity contribution in [1.29, 1.82) is 0 Å². The summed E-state index contributed by atoms with van der Waals surface area (Å²) in [5, 5.41) is 46.0. The molecule has 0 spiro atoms. The van der Waals surface area contributed by atoms with Crippen molar-refractivity contribution in [3.05, 3.63) is 142 Å². The van der Waals surface area contributed by atoms with Crippen molar-refractivity contribution in [2.75, 3.05) is 58.3 Å². The van der Waals surface area contributed by atoms with Crippen molar-refractivity contribution in [2.45, 2.75) is 52.0 Å². The number of carbonyl (C=O) groups is 4. The second-order valence-electron chi connectivity index (χ2n) is 18.7. The van der Waals surface area contributed by atoms with Gasteiger partial charge in [0.25, 0.3) is 16.0 Å². The molecule has 7 heterocycles. The molecular weight excluding hydrogens is 1160 g/mol. The van der Waals surface area contributed by atoms with Gasteiger partial charge < -0.3 is 64.2 Å². The summed E-state index contributed by atoms with van der Waals surface area (Å²) in [4.78, 5) is 50.5. The summed E-state index contributed by atoms with van der Waals surface area (Å²) in [6, 6.07) is 13.7. The van der Waals surface area contributed by atoms with Crippen molar-refractivity contribution in [2.24, 2.45) is 0 Å². The summed E-state index contributed by atoms with van der Waals surface area (Å²) in [6.45, 7) is 5.84. The molecule has 23 nitrogen and oxygen atoms in total. The molecule has 0 fully saturated rings. The summed E-state index contributed by atoms with van der Waals surface area (Å²) < 4.78 is 131. The molecule has 4 atom stereocenters. The summed E-state index contributed by atoms with van der Waals surface area (Å²) in [5.41, 5.74) is 1.47. The largest absolute Gasteiger partial charge is 0.504 e. The summed E-state index contributed by atoms with van der Waals surface area (Å²) in [5.74, 6) is -3.35. The number of aromatic hydroxyl groups is 3. The number of carbonyl (C=O) groups excluding carboxylic acids is 4. The number of hydrogen-bond acceptors (Lipinski definition) is 21. The van der Waals surface area contributed by atoms with Crippen molar-refractivity contribution in [3.8, 4) is 57.5 Å². The molecule has 0 saturated heterocycles. The summed E-state index contributed by atoms with van der Waals surface area (Å²) >= 11 is 0. The minimum atomic E-state index is -3.59. The monoisotopic (exact) mass is 1210 g/mol. The minimum Gasteiger partial charge on any atom is -0.504 e. The van der Waals surface area contributed by atoms with E-state index in [1.165, 1.54) is 56.8 Å². The van der Waals surface area contributed by atoms with Gasteiger partial charge in [0.15, 0.2) is 92.7 Å². The first-order valence-corrected chi connectivity index (χ1v) is 27.0. The van der Waals surface area contributed by atoms with Crippen LogP contribution in [-0.2, 0) is 14.3 Å². The van der Waals surface area contributed by atoms with Crippen LogP contribution in [0.2, 0.25) is 0 Å². The van der Waals surface area contributed by atoms with Crippen molar-refractivity contribution < 1.29 is 107 Å². The summed E-state index contributed by atoms with van der Waals surface area (Å²) in [6.07, 6.45) is 2.47. The van der Waals surface area contributed by atoms with Gasteiger partial charge in [-0.25, -0.2) is 31.5 Å². The molecule has 0 radical (unpaired) electrons. The number of nitrogens with zero attached hydrogens (tertiary/aromatic N) is 3. The van der Waals surface area contributed by atoms with Crippen LogP contribution in [0.3, 0.4) is 0 Å². The number of phenols is 3. The number of hydrogen-bond donors (Lipinski definition) is 6. The lowest BCUT2D eigenvalue weighted by atomic mass is 10.1. The third-order valence-corrected chi connectivity index (χ3v) is 12.7. The Morgan fingerprint density at radius 2 is 1.26 bits per heavy atom. The predicted octanol–water partition coefficient (Wildman–Crippen LogP) is 7.21. The van der Waals surface area contributed by atoms with E-state index in [2.05, 4.69) is 29.6 Å². The number of fused-ring (bicyclic) bond motifs is 6. The Morgan fingerprint density at radius 1 is 0.706 bits per heavy atom. The number of aliphatic hydroxyl groups is 1. The number of anilines is 1. The molecule has 6 N–H and O–H groups in total. The van der Waals surface area contributed by atoms with E-state index in [0.29, 0.717) is 34.1 Å². The number of phenolic OH excluding ortho intramolecular Hbond substituents is 3. The molecule has 5 aliphatic heterocycles. The lowest BCUT2D eigenvalue weighted by Gasteiger charge is -2.30. The van der Waals surface area contributed by atoms with E-state index >= 15 is 0 Å². The van der Waals surface area contributed by atoms with Gasteiger partial charge in [0.1, 0.15) is 73.0 Å². The number of amides is 1. The zero-order chi connectivity index (χ0) is 62.0. The number of ether oxygens (including phenoxy) is 7. The number of nitrogens with one attached hydrogen (secondary N) is 2. The maximum absolute atomic E-state index is 14.1. The van der Waals surface area contributed by atoms with E-state index in [4.69, 9.17) is 48.8 Å². The average Bonchev–Trinajstić information content (AvgIpc) is 3.57. The van der Waals surface area contributed by atoms with Crippen molar-refractivity contribution >= 4 is 44.8 Å². The van der Waals surface area contributed by atoms with Gasteiger partial charge in [-0.15, -0.1) is 0 Å². The minimum absolute atomic E-state index is 0.00837. The molecule has 0 aliphatic carbocycles. The van der Waals surface area contributed by atoms with Crippen molar-refractivity contribution in [3.63, 3.8) is 0 Å². The highest BCUT2D eigenvalue weighted by Gasteiger charge is 2.30. The fourth-order valence-corrected chi connectivity index (χ4v) is 8.54. The Kier molecular flexibility index (Phi) is 20.3. The number of halogens is 5. The number of ketones is 3. The molecule has 6 bridgehead atoms. The molecule has 5 aromatic carbocycles. The maximum Gasteiger partial charge on any atom is 0.264 e. The molecule has 5 aliphatic rings. The Morgan fingerprint density at radius 3 is 1.84 bits per heavy atom. The van der Waals surface area contributed by atoms with Crippen LogP contribution < -0.4 is 43.8 Å². The Hall–Kier alpha value is -9.48. The van der Waals surface area contributed by atoms with Crippen LogP contribution in [0.1, 0.15) is 80.7 Å². The van der Waals surface area contributed by atoms with Crippen LogP contribution in [0, 0.1) is 29.1 Å². The molecule has 0 saturated carbocycles. The molecule has 85 heavy (non-hydrogen) atoms. The normalized spacial score (nSPS) is 16.9. The molecule has 452 valence electrons. The van der Waals surface area contributed by atoms with Crippen molar-refractivity contribution in [1.82, 2.24) is 19.9 Å². The molecular formula is C56H54F5N5O18S. The number of aliphatic hydroxyl groups excluding tert-OH is 1. The fourth-order valence-electron chi connectivity index (χ4n) is 8.14. The first-order valence-electron chi connectivity index (χ1n) is 25.2. The van der Waals surface area contributed by atoms with E-state index in [9.17, 15) is 49.5 Å². The van der Waals surface area contributed by atoms with Gasteiger partial charge in [-0.05, 0) is 70.2 Å². The van der Waals surface area contributed by atoms with E-state index in [1.807, 2.05) is 6.92 Å². The molecule has 7 aromatic rings. The Bertz CT molecular complexity index is 3780. The SMILES string of the molecule is CC(=O)c1cc(F)cc(O)c1O.CC(=O)c1cc(F)cc2c1OC[C@H](CO)O2.CC(=O)c1cc(F)cc2c1OC[C@H](COS(C)(=O)=O)O2.CC1Nc2ccn3ncc(c3n2)C(=O)NC[C@H]2COc3c(cc(F)cc31)O2.COc1cc(F)ccc1O. The third kappa shape index (κ3) is 16.2. The molecule has 2 aromatic heterocycles. The van der Waals surface area contributed by atoms with Gasteiger partial charge in [0.2, 0.25) is 0 Å². The zero-order valence-corrected chi connectivity index (χ0v) is 46.6. The van der Waals surface area contributed by atoms with Crippen LogP contribution in [0.4, 0.5) is 27.8 Å². The highest BCUT2D eigenvalue weighted by atomic mass is 32.2. The first-order chi connectivity index (χ1) is 40.2. The van der Waals surface area contributed by atoms with Gasteiger partial charge in [0.05, 0.1) is 55.4 Å². The maximum atomic E-state index is 14.1. The quantitative estimate of drug-likeness (QED) is 0.0379. The van der Waals surface area contributed by atoms with Gasteiger partial charge >= 0.3 is 0 Å². The topological polar surface area (TPSA) is 311 Å². The second-order valence-corrected chi connectivity index (χ2v) is 20.4. The molecule has 29 heteroatoms. The summed E-state index contributed by atoms with van der Waals surface area (Å²) in [7, 11) is -2.22. The van der Waals surface area contributed by atoms with E-state index < -0.39 is 74.8 Å². The van der Waals surface area contributed by atoms with Crippen LogP contribution in [0.15, 0.2) is 85.2 Å². The van der Waals surface area contributed by atoms with E-state index in [1.54, 1.807) is 12.3 Å². The standard InChI is InChI=1S/C18H16FN5O3.C12H13FO6S.C11H11FO4.C8H7FO3.C7H7FO2/c1-9-12-4-10(19)5-14-16(12)26-8-11(27-14)6-20-18(25)13-7-21-24-3-2-15(22-9)23-17(13)24;1-7(14)10-3-8(13)4-11-12(10)17-5-9(19-11)6-18-20(2,15)16;1-6(14)9-2-7(12)3-10-11(9)15-5-8(4-13)16-10;1-4(10)6-2-5(9)3-7(11)8(6)12;1-10-7-4-5(8)2-3-6(7)9/h2-5,7,9,11H,6,8H2,1H3,(H,20,25)(H,22,23);3-4,9H,5-6H2,1-2H3;2-3,8,13H,4-5H2,1H3;2-3,11-12H,1H3;2-4,9H,1H3/t9?,11-;9-;8-;;/m010../s1. The van der Waals surface area contributed by atoms with Gasteiger partial charge in [-0.1, -0.05) is 0 Å². The predicted molar refractivity (Wildman–Crippen MR) is 289 cm³/mol. The molecule has 1 unspecified atom stereocenters. The van der Waals surface area contributed by atoms with Crippen LogP contribution in [-0.4, -0.2) is 138 Å². The smallest absolute Gasteiger partial charge is 0.264 e. The highest BCUT2D eigenvalue weighted by Crippen LogP contribution is 2.41. The van der Waals surface area contributed by atoms with E-state index in [0.717, 1.165) is 54.8 Å². The molecule has 12 rings (SSSR count). The number of benzene rings is 5. The number of Topliss-reactive ketones (excluding diaryl/α,β-unsaturated/α-hetero) is 3. The van der Waals surface area contributed by atoms with Crippen LogP contribution in [0.25, 0.3) is 5.65 Å². The van der Waals surface area contributed by atoms with Crippen LogP contribution in [0.5, 0.6) is 57.5 Å². The van der Waals surface area contributed by atoms with Gasteiger partial charge in [-0.2, -0.15) is 13.5 Å². The number of aromatic nitrogens is 3.